The Morgan fingerprint density at radius 1 is 1.05 bits per heavy atom. The zero-order valence-corrected chi connectivity index (χ0v) is 14.1. The highest BCUT2D eigenvalue weighted by atomic mass is 79.9. The molecular formula is C13H19Br2NO3. The highest BCUT2D eigenvalue weighted by molar-refractivity contribution is 9.11. The lowest BCUT2D eigenvalue weighted by atomic mass is 10.2. The Bertz CT molecular complexity index is 365. The molecule has 19 heavy (non-hydrogen) atoms. The quantitative estimate of drug-likeness (QED) is 0.651. The summed E-state index contributed by atoms with van der Waals surface area (Å²) in [5.41, 5.74) is 6.65. The molecule has 0 bridgehead atoms. The summed E-state index contributed by atoms with van der Waals surface area (Å²) in [6.07, 6.45) is 0.898. The molecule has 0 atom stereocenters. The first-order valence-corrected chi connectivity index (χ1v) is 7.65. The second-order valence-electron chi connectivity index (χ2n) is 3.90. The molecule has 0 amide bonds. The van der Waals surface area contributed by atoms with Crippen LogP contribution in [0.25, 0.3) is 0 Å². The lowest BCUT2D eigenvalue weighted by Crippen LogP contribution is -2.09. The van der Waals surface area contributed by atoms with Gasteiger partial charge in [-0.1, -0.05) is 0 Å². The van der Waals surface area contributed by atoms with Crippen molar-refractivity contribution in [2.75, 3.05) is 33.5 Å². The summed E-state index contributed by atoms with van der Waals surface area (Å²) in [4.78, 5) is 0. The Morgan fingerprint density at radius 2 is 1.74 bits per heavy atom. The van der Waals surface area contributed by atoms with E-state index in [4.69, 9.17) is 19.9 Å². The first kappa shape index (κ1) is 16.9. The average molecular weight is 397 g/mol. The normalized spacial score (nSPS) is 10.7. The number of hydrogen-bond acceptors (Lipinski definition) is 4. The second kappa shape index (κ2) is 9.72. The van der Waals surface area contributed by atoms with Gasteiger partial charge in [-0.3, -0.25) is 0 Å². The van der Waals surface area contributed by atoms with Crippen LogP contribution >= 0.6 is 31.9 Å². The summed E-state index contributed by atoms with van der Waals surface area (Å²) in [6.45, 7) is 2.97. The summed E-state index contributed by atoms with van der Waals surface area (Å²) in [5.74, 6) is 0.776. The predicted octanol–water partition coefficient (Wildman–Crippen LogP) is 3.10. The van der Waals surface area contributed by atoms with Crippen LogP contribution in [0.2, 0.25) is 0 Å². The molecule has 6 heteroatoms. The number of ether oxygens (including phenoxy) is 3. The van der Waals surface area contributed by atoms with E-state index in [1.54, 1.807) is 7.11 Å². The summed E-state index contributed by atoms with van der Waals surface area (Å²) < 4.78 is 17.8. The summed E-state index contributed by atoms with van der Waals surface area (Å²) in [6, 6.07) is 3.92. The van der Waals surface area contributed by atoms with E-state index in [9.17, 15) is 0 Å². The average Bonchev–Trinajstić information content (AvgIpc) is 2.40. The van der Waals surface area contributed by atoms with Gasteiger partial charge in [0.2, 0.25) is 0 Å². The Morgan fingerprint density at radius 3 is 2.32 bits per heavy atom. The van der Waals surface area contributed by atoms with Crippen molar-refractivity contribution in [3.63, 3.8) is 0 Å². The predicted molar refractivity (Wildman–Crippen MR) is 82.5 cm³/mol. The molecule has 4 nitrogen and oxygen atoms in total. The van der Waals surface area contributed by atoms with Gasteiger partial charge in [0.05, 0.1) is 15.6 Å². The molecule has 1 aromatic rings. The van der Waals surface area contributed by atoms with Gasteiger partial charge in [0, 0.05) is 26.9 Å². The van der Waals surface area contributed by atoms with E-state index in [0.717, 1.165) is 33.3 Å². The zero-order chi connectivity index (χ0) is 14.1. The van der Waals surface area contributed by atoms with Crippen molar-refractivity contribution >= 4 is 31.9 Å². The van der Waals surface area contributed by atoms with Crippen LogP contribution in [0.5, 0.6) is 5.75 Å². The fourth-order valence-corrected chi connectivity index (χ4v) is 2.99. The number of nitrogens with two attached hydrogens (primary N) is 1. The van der Waals surface area contributed by atoms with Crippen LogP contribution in [0.3, 0.4) is 0 Å². The topological polar surface area (TPSA) is 53.7 Å². The van der Waals surface area contributed by atoms with E-state index in [1.807, 2.05) is 12.1 Å². The molecule has 1 rings (SSSR count). The number of methoxy groups -OCH3 is 1. The van der Waals surface area contributed by atoms with Crippen molar-refractivity contribution in [3.8, 4) is 5.75 Å². The van der Waals surface area contributed by atoms with Crippen molar-refractivity contribution in [1.82, 2.24) is 0 Å². The zero-order valence-electron chi connectivity index (χ0n) is 11.0. The molecule has 0 spiro atoms. The molecule has 0 fully saturated rings. The summed E-state index contributed by atoms with van der Waals surface area (Å²) in [7, 11) is 1.68. The highest BCUT2D eigenvalue weighted by Gasteiger charge is 2.08. The molecule has 0 aromatic heterocycles. The van der Waals surface area contributed by atoms with Crippen molar-refractivity contribution in [2.24, 2.45) is 5.73 Å². The van der Waals surface area contributed by atoms with Gasteiger partial charge in [-0.2, -0.15) is 0 Å². The molecule has 0 unspecified atom stereocenters. The monoisotopic (exact) mass is 395 g/mol. The molecular weight excluding hydrogens is 378 g/mol. The smallest absolute Gasteiger partial charge is 0.147 e. The van der Waals surface area contributed by atoms with E-state index in [2.05, 4.69) is 31.9 Å². The van der Waals surface area contributed by atoms with Crippen LogP contribution in [-0.2, 0) is 16.0 Å². The van der Waals surface area contributed by atoms with Crippen LogP contribution in [0.15, 0.2) is 21.1 Å². The SMILES string of the molecule is COCCCOCCOc1c(Br)cc(CN)cc1Br. The van der Waals surface area contributed by atoms with Crippen LogP contribution in [0.4, 0.5) is 0 Å². The summed E-state index contributed by atoms with van der Waals surface area (Å²) >= 11 is 6.95. The van der Waals surface area contributed by atoms with E-state index >= 15 is 0 Å². The van der Waals surface area contributed by atoms with Crippen LogP contribution in [0, 0.1) is 0 Å². The van der Waals surface area contributed by atoms with E-state index in [0.29, 0.717) is 26.4 Å². The van der Waals surface area contributed by atoms with Crippen LogP contribution < -0.4 is 10.5 Å². The fourth-order valence-electron chi connectivity index (χ4n) is 1.48. The fraction of sp³-hybridized carbons (Fsp3) is 0.538. The summed E-state index contributed by atoms with van der Waals surface area (Å²) in [5, 5.41) is 0. The van der Waals surface area contributed by atoms with Gasteiger partial charge < -0.3 is 19.9 Å². The minimum atomic E-state index is 0.500. The van der Waals surface area contributed by atoms with Gasteiger partial charge in [-0.15, -0.1) is 0 Å². The van der Waals surface area contributed by atoms with Crippen molar-refractivity contribution in [2.45, 2.75) is 13.0 Å². The Hall–Kier alpha value is -0.140. The number of benzene rings is 1. The number of rotatable bonds is 9. The Labute approximate surface area is 130 Å². The van der Waals surface area contributed by atoms with E-state index < -0.39 is 0 Å². The third-order valence-corrected chi connectivity index (χ3v) is 3.58. The highest BCUT2D eigenvalue weighted by Crippen LogP contribution is 2.34. The molecule has 2 N–H and O–H groups in total. The Balaban J connectivity index is 2.33. The maximum atomic E-state index is 5.68. The van der Waals surface area contributed by atoms with Crippen molar-refractivity contribution in [1.29, 1.82) is 0 Å². The maximum Gasteiger partial charge on any atom is 0.147 e. The maximum absolute atomic E-state index is 5.68. The molecule has 1 aromatic carbocycles. The van der Waals surface area contributed by atoms with Gasteiger partial charge >= 0.3 is 0 Å². The molecule has 0 saturated carbocycles. The van der Waals surface area contributed by atoms with Gasteiger partial charge in [-0.05, 0) is 56.0 Å². The van der Waals surface area contributed by atoms with Gasteiger partial charge in [0.25, 0.3) is 0 Å². The first-order chi connectivity index (χ1) is 9.19. The minimum Gasteiger partial charge on any atom is -0.489 e. The molecule has 0 saturated heterocycles. The third-order valence-electron chi connectivity index (χ3n) is 2.40. The van der Waals surface area contributed by atoms with Gasteiger partial charge in [-0.25, -0.2) is 0 Å². The molecule has 0 aliphatic heterocycles. The van der Waals surface area contributed by atoms with E-state index in [1.165, 1.54) is 0 Å². The molecule has 108 valence electrons. The first-order valence-electron chi connectivity index (χ1n) is 6.06. The lowest BCUT2D eigenvalue weighted by molar-refractivity contribution is 0.0803. The standard InChI is InChI=1S/C13H19Br2NO3/c1-17-3-2-4-18-5-6-19-13-11(14)7-10(9-16)8-12(13)15/h7-8H,2-6,9,16H2,1H3. The minimum absolute atomic E-state index is 0.500. The molecule has 0 aliphatic carbocycles. The molecule has 0 aliphatic rings. The van der Waals surface area contributed by atoms with Gasteiger partial charge in [0.15, 0.2) is 0 Å². The van der Waals surface area contributed by atoms with E-state index in [-0.39, 0.29) is 0 Å². The van der Waals surface area contributed by atoms with Gasteiger partial charge in [0.1, 0.15) is 12.4 Å². The van der Waals surface area contributed by atoms with Crippen molar-refractivity contribution < 1.29 is 14.2 Å². The Kier molecular flexibility index (Phi) is 8.65. The number of halogens is 2. The number of hydrogen-bond donors (Lipinski definition) is 1. The lowest BCUT2D eigenvalue weighted by Gasteiger charge is -2.12. The van der Waals surface area contributed by atoms with Crippen LogP contribution in [-0.4, -0.2) is 33.5 Å². The second-order valence-corrected chi connectivity index (χ2v) is 5.61. The van der Waals surface area contributed by atoms with Crippen molar-refractivity contribution in [3.05, 3.63) is 26.6 Å². The molecule has 0 heterocycles. The molecule has 0 radical (unpaired) electrons. The third kappa shape index (κ3) is 6.23. The largest absolute Gasteiger partial charge is 0.489 e. The van der Waals surface area contributed by atoms with Crippen LogP contribution in [0.1, 0.15) is 12.0 Å².